The van der Waals surface area contributed by atoms with Crippen LogP contribution in [0.5, 0.6) is 0 Å². The smallest absolute Gasteiger partial charge is 0.328 e. The second kappa shape index (κ2) is 14.7. The Hall–Kier alpha value is -4.68. The number of nitrogens with zero attached hydrogens (tertiary/aromatic N) is 4. The lowest BCUT2D eigenvalue weighted by molar-refractivity contribution is -0.155. The molecule has 4 atom stereocenters. The lowest BCUT2D eigenvalue weighted by atomic mass is 9.92. The molecule has 0 bridgehead atoms. The van der Waals surface area contributed by atoms with E-state index in [1.807, 2.05) is 76.5 Å². The number of aromatic nitrogens is 2. The molecule has 0 saturated carbocycles. The van der Waals surface area contributed by atoms with E-state index in [0.29, 0.717) is 39.0 Å². The molecule has 2 aromatic carbocycles. The van der Waals surface area contributed by atoms with Gasteiger partial charge in [-0.25, -0.2) is 9.59 Å². The Bertz CT molecular complexity index is 1760. The molecule has 0 radical (unpaired) electrons. The molecule has 0 saturated heterocycles. The van der Waals surface area contributed by atoms with Crippen molar-refractivity contribution >= 4 is 45.6 Å². The van der Waals surface area contributed by atoms with E-state index in [0.717, 1.165) is 44.3 Å². The zero-order valence-electron chi connectivity index (χ0n) is 29.8. The molecule has 12 heteroatoms. The van der Waals surface area contributed by atoms with Crippen LogP contribution in [0, 0.1) is 0 Å². The average Bonchev–Trinajstić information content (AvgIpc) is 3.70. The number of methoxy groups -OCH3 is 2. The van der Waals surface area contributed by atoms with E-state index in [-0.39, 0.29) is 36.7 Å². The van der Waals surface area contributed by atoms with Crippen LogP contribution in [0.4, 0.5) is 0 Å². The van der Waals surface area contributed by atoms with Gasteiger partial charge < -0.3 is 39.0 Å². The molecular formula is C38H48N6O6. The Morgan fingerprint density at radius 2 is 1.04 bits per heavy atom. The third kappa shape index (κ3) is 6.61. The van der Waals surface area contributed by atoms with E-state index in [1.165, 1.54) is 14.2 Å². The molecule has 4 aromatic rings. The van der Waals surface area contributed by atoms with Crippen molar-refractivity contribution in [3.8, 4) is 0 Å². The van der Waals surface area contributed by atoms with Gasteiger partial charge in [-0.1, -0.05) is 36.4 Å². The van der Waals surface area contributed by atoms with Crippen molar-refractivity contribution in [1.29, 1.82) is 0 Å². The molecule has 2 amide bonds. The van der Waals surface area contributed by atoms with Crippen molar-refractivity contribution < 1.29 is 28.7 Å². The third-order valence-corrected chi connectivity index (χ3v) is 10.6. The summed E-state index contributed by atoms with van der Waals surface area (Å²) in [5, 5.41) is 2.14. The summed E-state index contributed by atoms with van der Waals surface area (Å²) in [4.78, 5) is 67.6. The van der Waals surface area contributed by atoms with Crippen LogP contribution in [-0.2, 0) is 41.5 Å². The van der Waals surface area contributed by atoms with Gasteiger partial charge in [-0.2, -0.15) is 0 Å². The second-order valence-corrected chi connectivity index (χ2v) is 13.7. The number of aromatic amines is 2. The lowest BCUT2D eigenvalue weighted by Gasteiger charge is -2.39. The Kier molecular flexibility index (Phi) is 10.3. The van der Waals surface area contributed by atoms with E-state index in [1.54, 1.807) is 9.80 Å². The van der Waals surface area contributed by atoms with Crippen LogP contribution in [0.2, 0.25) is 0 Å². The number of ether oxygens (including phenoxy) is 2. The number of amides is 2. The first-order valence-corrected chi connectivity index (χ1v) is 17.4. The first-order valence-electron chi connectivity index (χ1n) is 17.4. The van der Waals surface area contributed by atoms with Gasteiger partial charge in [-0.3, -0.25) is 9.59 Å². The number of carbonyl (C=O) groups excluding carboxylic acids is 4. The molecule has 0 fully saturated rings. The van der Waals surface area contributed by atoms with Crippen molar-refractivity contribution in [2.24, 2.45) is 0 Å². The Labute approximate surface area is 292 Å². The zero-order chi connectivity index (χ0) is 35.7. The average molecular weight is 685 g/mol. The number of para-hydroxylation sites is 2. The number of hydrogen-bond donors (Lipinski definition) is 2. The van der Waals surface area contributed by atoms with Gasteiger partial charge in [-0.05, 0) is 51.2 Å². The highest BCUT2D eigenvalue weighted by Gasteiger charge is 2.42. The Morgan fingerprint density at radius 1 is 0.660 bits per heavy atom. The van der Waals surface area contributed by atoms with Crippen LogP contribution in [0.25, 0.3) is 21.8 Å². The number of nitrogens with one attached hydrogen (secondary N) is 2. The van der Waals surface area contributed by atoms with E-state index in [4.69, 9.17) is 9.47 Å². The monoisotopic (exact) mass is 684 g/mol. The SMILES string of the molecule is COC(=O)C1Cc2c([nH]c3ccccc23)C(C)N1C(=O)CCN(C)CCN(C)CCC(=O)N1C(C(=O)OC)Cc2c([nH]c3ccccc23)C1C. The van der Waals surface area contributed by atoms with Gasteiger partial charge in [0.1, 0.15) is 12.1 Å². The highest BCUT2D eigenvalue weighted by Crippen LogP contribution is 2.39. The first kappa shape index (κ1) is 35.2. The molecule has 2 aliphatic rings. The summed E-state index contributed by atoms with van der Waals surface area (Å²) in [6, 6.07) is 14.0. The van der Waals surface area contributed by atoms with E-state index in [9.17, 15) is 19.2 Å². The van der Waals surface area contributed by atoms with Crippen molar-refractivity contribution in [3.63, 3.8) is 0 Å². The van der Waals surface area contributed by atoms with Crippen molar-refractivity contribution in [1.82, 2.24) is 29.6 Å². The maximum Gasteiger partial charge on any atom is 0.328 e. The van der Waals surface area contributed by atoms with Crippen LogP contribution in [-0.4, -0.2) is 120 Å². The number of likely N-dealkylation sites (N-methyl/N-ethyl adjacent to an activating group) is 2. The molecule has 0 aliphatic carbocycles. The van der Waals surface area contributed by atoms with Crippen molar-refractivity contribution in [3.05, 3.63) is 71.0 Å². The van der Waals surface area contributed by atoms with Crippen molar-refractivity contribution in [2.45, 2.75) is 63.7 Å². The fourth-order valence-corrected chi connectivity index (χ4v) is 7.84. The fourth-order valence-electron chi connectivity index (χ4n) is 7.84. The molecule has 266 valence electrons. The normalized spacial score (nSPS) is 20.3. The maximum absolute atomic E-state index is 13.7. The summed E-state index contributed by atoms with van der Waals surface area (Å²) in [6.07, 6.45) is 1.31. The number of fused-ring (bicyclic) bond motifs is 6. The first-order chi connectivity index (χ1) is 24.0. The molecule has 12 nitrogen and oxygen atoms in total. The quantitative estimate of drug-likeness (QED) is 0.227. The fraction of sp³-hybridized carbons (Fsp3) is 0.474. The summed E-state index contributed by atoms with van der Waals surface area (Å²) < 4.78 is 10.3. The van der Waals surface area contributed by atoms with Crippen LogP contribution >= 0.6 is 0 Å². The minimum Gasteiger partial charge on any atom is -0.467 e. The summed E-state index contributed by atoms with van der Waals surface area (Å²) in [5.74, 6) is -1.03. The van der Waals surface area contributed by atoms with Crippen LogP contribution in [0.3, 0.4) is 0 Å². The summed E-state index contributed by atoms with van der Waals surface area (Å²) in [7, 11) is 6.66. The number of carbonyl (C=O) groups is 4. The maximum atomic E-state index is 13.7. The van der Waals surface area contributed by atoms with Gasteiger partial charge in [-0.15, -0.1) is 0 Å². The molecule has 0 spiro atoms. The standard InChI is InChI=1S/C38H48N6O6/c1-23-35-27(25-11-7-9-13-29(25)39-35)21-31(37(47)49-5)43(23)33(45)15-17-41(3)19-20-42(4)18-16-34(46)44-24(2)36-28(22-32(44)38(48)50-6)26-12-8-10-14-30(26)40-36/h7-14,23-24,31-32,39-40H,15-22H2,1-6H3. The van der Waals surface area contributed by atoms with Gasteiger partial charge in [0.05, 0.1) is 26.3 Å². The van der Waals surface area contributed by atoms with Gasteiger partial charge >= 0.3 is 11.9 Å². The molecule has 2 aromatic heterocycles. The molecule has 50 heavy (non-hydrogen) atoms. The number of rotatable bonds is 11. The van der Waals surface area contributed by atoms with Crippen molar-refractivity contribution in [2.75, 3.05) is 54.5 Å². The zero-order valence-corrected chi connectivity index (χ0v) is 29.8. The summed E-state index contributed by atoms with van der Waals surface area (Å²) in [6.45, 7) is 6.31. The number of benzene rings is 2. The number of esters is 2. The minimum absolute atomic E-state index is 0.100. The highest BCUT2D eigenvalue weighted by molar-refractivity contribution is 5.91. The van der Waals surface area contributed by atoms with Crippen LogP contribution in [0.1, 0.15) is 61.3 Å². The molecule has 2 aliphatic heterocycles. The van der Waals surface area contributed by atoms with Crippen LogP contribution in [0.15, 0.2) is 48.5 Å². The van der Waals surface area contributed by atoms with Gasteiger partial charge in [0.15, 0.2) is 0 Å². The number of hydrogen-bond acceptors (Lipinski definition) is 8. The molecule has 2 N–H and O–H groups in total. The number of H-pyrrole nitrogens is 2. The molecular weight excluding hydrogens is 636 g/mol. The largest absolute Gasteiger partial charge is 0.467 e. The topological polar surface area (TPSA) is 131 Å². The van der Waals surface area contributed by atoms with Gasteiger partial charge in [0.2, 0.25) is 11.8 Å². The Morgan fingerprint density at radius 3 is 1.42 bits per heavy atom. The summed E-state index contributed by atoms with van der Waals surface area (Å²) >= 11 is 0. The summed E-state index contributed by atoms with van der Waals surface area (Å²) in [5.41, 5.74) is 6.02. The lowest BCUT2D eigenvalue weighted by Crippen LogP contribution is -2.51. The molecule has 6 rings (SSSR count). The van der Waals surface area contributed by atoms with E-state index >= 15 is 0 Å². The molecule has 4 unspecified atom stereocenters. The second-order valence-electron chi connectivity index (χ2n) is 13.7. The molecule has 4 heterocycles. The van der Waals surface area contributed by atoms with Gasteiger partial charge in [0.25, 0.3) is 0 Å². The minimum atomic E-state index is -0.688. The van der Waals surface area contributed by atoms with E-state index in [2.05, 4.69) is 19.8 Å². The van der Waals surface area contributed by atoms with Crippen LogP contribution < -0.4 is 0 Å². The van der Waals surface area contributed by atoms with Gasteiger partial charge in [0, 0.05) is 85.1 Å². The predicted molar refractivity (Wildman–Crippen MR) is 190 cm³/mol. The Balaban J connectivity index is 1.02. The highest BCUT2D eigenvalue weighted by atomic mass is 16.5. The predicted octanol–water partition coefficient (Wildman–Crippen LogP) is 3.97. The third-order valence-electron chi connectivity index (χ3n) is 10.6. The van der Waals surface area contributed by atoms with E-state index < -0.39 is 24.0 Å².